The third kappa shape index (κ3) is 4.59. The summed E-state index contributed by atoms with van der Waals surface area (Å²) in [6, 6.07) is 7.18. The van der Waals surface area contributed by atoms with Gasteiger partial charge in [0.1, 0.15) is 17.1 Å². The molecule has 2 aromatic carbocycles. The van der Waals surface area contributed by atoms with Crippen LogP contribution in [-0.2, 0) is 0 Å². The number of nitro groups is 2. The number of hydrogen-bond acceptors (Lipinski definition) is 9. The zero-order valence-electron chi connectivity index (χ0n) is 18.8. The van der Waals surface area contributed by atoms with E-state index in [1.54, 1.807) is 36.0 Å². The number of anilines is 3. The predicted molar refractivity (Wildman–Crippen MR) is 124 cm³/mol. The van der Waals surface area contributed by atoms with Gasteiger partial charge >= 0.3 is 0 Å². The summed E-state index contributed by atoms with van der Waals surface area (Å²) >= 11 is 0. The van der Waals surface area contributed by atoms with Gasteiger partial charge in [0.2, 0.25) is 0 Å². The molecule has 3 rings (SSSR count). The van der Waals surface area contributed by atoms with Gasteiger partial charge in [0.25, 0.3) is 17.3 Å². The number of rotatable bonds is 6. The first-order chi connectivity index (χ1) is 15.5. The van der Waals surface area contributed by atoms with E-state index in [2.05, 4.69) is 0 Å². The number of benzene rings is 2. The normalized spacial score (nSPS) is 15.8. The highest BCUT2D eigenvalue weighted by Crippen LogP contribution is 2.36. The minimum atomic E-state index is -0.534. The van der Waals surface area contributed by atoms with Gasteiger partial charge in [0.15, 0.2) is 0 Å². The van der Waals surface area contributed by atoms with Crippen LogP contribution in [0.25, 0.3) is 0 Å². The van der Waals surface area contributed by atoms with E-state index in [9.17, 15) is 25.0 Å². The molecule has 2 N–H and O–H groups in total. The number of nitro benzene ring substituents is 2. The Hall–Kier alpha value is -4.09. The Kier molecular flexibility index (Phi) is 6.56. The van der Waals surface area contributed by atoms with Crippen molar-refractivity contribution in [2.24, 2.45) is 0 Å². The minimum Gasteiger partial charge on any atom is -0.496 e. The number of ether oxygens (including phenoxy) is 1. The maximum Gasteiger partial charge on any atom is 0.293 e. The summed E-state index contributed by atoms with van der Waals surface area (Å²) in [6.07, 6.45) is 0. The zero-order valence-corrected chi connectivity index (χ0v) is 18.8. The van der Waals surface area contributed by atoms with E-state index in [1.165, 1.54) is 25.3 Å². The fourth-order valence-electron chi connectivity index (χ4n) is 3.98. The number of nitrogens with two attached hydrogens (primary N) is 1. The van der Waals surface area contributed by atoms with Gasteiger partial charge < -0.3 is 25.2 Å². The summed E-state index contributed by atoms with van der Waals surface area (Å²) in [5, 5.41) is 22.6. The molecule has 12 heteroatoms. The Balaban J connectivity index is 1.85. The van der Waals surface area contributed by atoms with Gasteiger partial charge in [-0.1, -0.05) is 0 Å². The first kappa shape index (κ1) is 23.6. The number of carbonyl (C=O) groups is 1. The monoisotopic (exact) mass is 458 g/mol. The number of piperazine rings is 1. The van der Waals surface area contributed by atoms with Crippen molar-refractivity contribution in [3.05, 3.63) is 56.1 Å². The highest BCUT2D eigenvalue weighted by atomic mass is 16.6. The Morgan fingerprint density at radius 2 is 1.79 bits per heavy atom. The molecule has 0 radical (unpaired) electrons. The van der Waals surface area contributed by atoms with Crippen LogP contribution in [0.4, 0.5) is 28.4 Å². The highest BCUT2D eigenvalue weighted by Gasteiger charge is 2.31. The van der Waals surface area contributed by atoms with Crippen molar-refractivity contribution in [1.29, 1.82) is 0 Å². The number of hydrogen-bond donors (Lipinski definition) is 1. The minimum absolute atomic E-state index is 0.0706. The van der Waals surface area contributed by atoms with E-state index in [1.807, 2.05) is 11.8 Å². The third-order valence-electron chi connectivity index (χ3n) is 5.66. The number of amides is 1. The Morgan fingerprint density at radius 1 is 1.12 bits per heavy atom. The number of carbonyl (C=O) groups excluding carboxylic acids is 1. The zero-order chi connectivity index (χ0) is 24.4. The van der Waals surface area contributed by atoms with E-state index in [-0.39, 0.29) is 40.3 Å². The van der Waals surface area contributed by atoms with Crippen molar-refractivity contribution < 1.29 is 19.4 Å². The van der Waals surface area contributed by atoms with Crippen LogP contribution in [0.5, 0.6) is 5.75 Å². The molecular weight excluding hydrogens is 432 g/mol. The fraction of sp³-hybridized carbons (Fsp3) is 0.381. The van der Waals surface area contributed by atoms with Crippen LogP contribution in [0.15, 0.2) is 30.3 Å². The van der Waals surface area contributed by atoms with Crippen molar-refractivity contribution in [3.8, 4) is 5.75 Å². The molecule has 0 aromatic heterocycles. The number of methoxy groups -OCH3 is 1. The van der Waals surface area contributed by atoms with E-state index in [0.717, 1.165) is 5.69 Å². The van der Waals surface area contributed by atoms with Crippen LogP contribution in [0.3, 0.4) is 0 Å². The van der Waals surface area contributed by atoms with Gasteiger partial charge in [-0.3, -0.25) is 25.0 Å². The summed E-state index contributed by atoms with van der Waals surface area (Å²) in [5.74, 6) is -0.109. The predicted octanol–water partition coefficient (Wildman–Crippen LogP) is 2.51. The number of nitrogens with zero attached hydrogens (tertiary/aromatic N) is 5. The second kappa shape index (κ2) is 9.18. The largest absolute Gasteiger partial charge is 0.496 e. The molecule has 1 amide bonds. The van der Waals surface area contributed by atoms with Crippen molar-refractivity contribution in [3.63, 3.8) is 0 Å². The lowest BCUT2D eigenvalue weighted by atomic mass is 10.1. The quantitative estimate of drug-likeness (QED) is 0.391. The van der Waals surface area contributed by atoms with Crippen LogP contribution < -0.4 is 20.3 Å². The molecular formula is C21H26N6O6. The van der Waals surface area contributed by atoms with E-state index in [4.69, 9.17) is 10.5 Å². The van der Waals surface area contributed by atoms with Gasteiger partial charge in [0.05, 0.1) is 22.5 Å². The van der Waals surface area contributed by atoms with Gasteiger partial charge in [-0.25, -0.2) is 0 Å². The summed E-state index contributed by atoms with van der Waals surface area (Å²) in [4.78, 5) is 40.0. The third-order valence-corrected chi connectivity index (χ3v) is 5.66. The van der Waals surface area contributed by atoms with Gasteiger partial charge in [-0.2, -0.15) is 0 Å². The lowest BCUT2D eigenvalue weighted by molar-refractivity contribution is -0.384. The molecule has 0 saturated carbocycles. The molecule has 33 heavy (non-hydrogen) atoms. The summed E-state index contributed by atoms with van der Waals surface area (Å²) < 4.78 is 5.37. The van der Waals surface area contributed by atoms with Crippen LogP contribution >= 0.6 is 0 Å². The lowest BCUT2D eigenvalue weighted by Gasteiger charge is -2.41. The summed E-state index contributed by atoms with van der Waals surface area (Å²) in [7, 11) is 4.77. The fourth-order valence-corrected chi connectivity index (χ4v) is 3.98. The smallest absolute Gasteiger partial charge is 0.293 e. The Bertz CT molecular complexity index is 1100. The molecule has 12 nitrogen and oxygen atoms in total. The SMILES string of the molecule is COc1cc(N(C)C)c([N+](=O)[O-])cc1C(=O)N1CCN(c2ccc([N+](=O)[O-])c(N)c2)[C@H](C)C1. The topological polar surface area (TPSA) is 148 Å². The molecule has 2 aromatic rings. The summed E-state index contributed by atoms with van der Waals surface area (Å²) in [6.45, 7) is 3.09. The molecule has 0 bridgehead atoms. The van der Waals surface area contributed by atoms with E-state index >= 15 is 0 Å². The van der Waals surface area contributed by atoms with Crippen molar-refractivity contribution in [2.45, 2.75) is 13.0 Å². The van der Waals surface area contributed by atoms with Crippen LogP contribution in [-0.4, -0.2) is 67.5 Å². The molecule has 1 heterocycles. The van der Waals surface area contributed by atoms with E-state index in [0.29, 0.717) is 25.3 Å². The van der Waals surface area contributed by atoms with Gasteiger partial charge in [-0.15, -0.1) is 0 Å². The van der Waals surface area contributed by atoms with Crippen LogP contribution in [0.2, 0.25) is 0 Å². The molecule has 1 saturated heterocycles. The van der Waals surface area contributed by atoms with Gasteiger partial charge in [-0.05, 0) is 19.1 Å². The van der Waals surface area contributed by atoms with Crippen molar-refractivity contribution in [2.75, 3.05) is 56.4 Å². The van der Waals surface area contributed by atoms with Crippen LogP contribution in [0.1, 0.15) is 17.3 Å². The van der Waals surface area contributed by atoms with E-state index < -0.39 is 9.85 Å². The molecule has 1 aliphatic rings. The van der Waals surface area contributed by atoms with Crippen LogP contribution in [0, 0.1) is 20.2 Å². The Labute approximate surface area is 190 Å². The van der Waals surface area contributed by atoms with Gasteiger partial charge in [0, 0.05) is 63.7 Å². The number of nitrogen functional groups attached to an aromatic ring is 1. The average Bonchev–Trinajstić information content (AvgIpc) is 2.77. The second-order valence-electron chi connectivity index (χ2n) is 7.99. The maximum absolute atomic E-state index is 13.3. The standard InChI is InChI=1S/C21H26N6O6/c1-13-12-24(7-8-25(13)14-5-6-17(26(29)30)16(22)9-14)21(28)15-10-19(27(31)32)18(23(2)3)11-20(15)33-4/h5-6,9-11,13H,7-8,12,22H2,1-4H3/t13-/m1/s1. The molecule has 1 fully saturated rings. The summed E-state index contributed by atoms with van der Waals surface area (Å²) in [5.41, 5.74) is 6.73. The van der Waals surface area contributed by atoms with Crippen molar-refractivity contribution >= 4 is 34.3 Å². The molecule has 176 valence electrons. The maximum atomic E-state index is 13.3. The molecule has 1 aliphatic heterocycles. The molecule has 0 aliphatic carbocycles. The van der Waals surface area contributed by atoms with Crippen molar-refractivity contribution in [1.82, 2.24) is 4.90 Å². The second-order valence-corrected chi connectivity index (χ2v) is 7.99. The molecule has 0 unspecified atom stereocenters. The highest BCUT2D eigenvalue weighted by molar-refractivity contribution is 5.99. The average molecular weight is 458 g/mol. The lowest BCUT2D eigenvalue weighted by Crippen LogP contribution is -2.53. The molecule has 1 atom stereocenters. The first-order valence-corrected chi connectivity index (χ1v) is 10.2. The first-order valence-electron chi connectivity index (χ1n) is 10.2. The Morgan fingerprint density at radius 3 is 2.30 bits per heavy atom. The molecule has 0 spiro atoms.